The first-order valence-electron chi connectivity index (χ1n) is 10.7. The first-order chi connectivity index (χ1) is 16.7. The van der Waals surface area contributed by atoms with E-state index in [1.807, 2.05) is 84.9 Å². The Balaban J connectivity index is 1.37. The van der Waals surface area contributed by atoms with E-state index in [0.29, 0.717) is 29.5 Å². The maximum atomic E-state index is 12.4. The van der Waals surface area contributed by atoms with E-state index in [-0.39, 0.29) is 0 Å². The lowest BCUT2D eigenvalue weighted by atomic mass is 10.1. The van der Waals surface area contributed by atoms with Crippen molar-refractivity contribution in [3.05, 3.63) is 108 Å². The van der Waals surface area contributed by atoms with E-state index < -0.39 is 5.91 Å². The van der Waals surface area contributed by atoms with Gasteiger partial charge in [-0.25, -0.2) is 5.43 Å². The fourth-order valence-electron chi connectivity index (χ4n) is 3.18. The number of nitrogens with zero attached hydrogens (tertiary/aromatic N) is 2. The monoisotopic (exact) mass is 452 g/mol. The van der Waals surface area contributed by atoms with Crippen LogP contribution in [0.5, 0.6) is 11.5 Å². The maximum Gasteiger partial charge on any atom is 0.289 e. The quantitative estimate of drug-likeness (QED) is 0.273. The highest BCUT2D eigenvalue weighted by Gasteiger charge is 2.13. The Kier molecular flexibility index (Phi) is 7.48. The Morgan fingerprint density at radius 3 is 2.53 bits per heavy atom. The Morgan fingerprint density at radius 1 is 1.00 bits per heavy atom. The summed E-state index contributed by atoms with van der Waals surface area (Å²) in [5.74, 6) is 0.816. The molecule has 7 heteroatoms. The van der Waals surface area contributed by atoms with Gasteiger partial charge in [-0.05, 0) is 41.5 Å². The van der Waals surface area contributed by atoms with Gasteiger partial charge in [0.05, 0.1) is 12.8 Å². The number of H-pyrrole nitrogens is 1. The number of carbonyl (C=O) groups is 1. The van der Waals surface area contributed by atoms with Crippen molar-refractivity contribution in [2.24, 2.45) is 5.10 Å². The molecule has 0 spiro atoms. The van der Waals surface area contributed by atoms with Gasteiger partial charge in [-0.1, -0.05) is 66.7 Å². The van der Waals surface area contributed by atoms with Crippen LogP contribution >= 0.6 is 0 Å². The summed E-state index contributed by atoms with van der Waals surface area (Å²) in [6.45, 7) is 0.435. The third-order valence-electron chi connectivity index (χ3n) is 4.93. The summed E-state index contributed by atoms with van der Waals surface area (Å²) in [5.41, 5.74) is 6.27. The number of nitrogens with one attached hydrogen (secondary N) is 2. The van der Waals surface area contributed by atoms with Crippen molar-refractivity contribution >= 4 is 18.2 Å². The minimum atomic E-state index is -0.391. The van der Waals surface area contributed by atoms with Gasteiger partial charge in [0, 0.05) is 11.8 Å². The maximum absolute atomic E-state index is 12.4. The predicted molar refractivity (Wildman–Crippen MR) is 133 cm³/mol. The van der Waals surface area contributed by atoms with Crippen molar-refractivity contribution in [3.8, 4) is 22.8 Å². The average Bonchev–Trinajstić information content (AvgIpc) is 3.39. The first-order valence-corrected chi connectivity index (χ1v) is 10.7. The van der Waals surface area contributed by atoms with Gasteiger partial charge in [-0.15, -0.1) is 0 Å². The summed E-state index contributed by atoms with van der Waals surface area (Å²) in [6, 6.07) is 26.9. The highest BCUT2D eigenvalue weighted by molar-refractivity contribution is 5.94. The number of carbonyl (C=O) groups excluding carboxylic acids is 1. The Labute approximate surface area is 197 Å². The van der Waals surface area contributed by atoms with Gasteiger partial charge in [0.1, 0.15) is 12.3 Å². The SMILES string of the molecule is COc1cc(-c2cc(C(=O)N/N=C\C=C\c3ccccc3)[nH]n2)ccc1OCc1ccccc1. The second kappa shape index (κ2) is 11.3. The lowest BCUT2D eigenvalue weighted by Crippen LogP contribution is -2.17. The van der Waals surface area contributed by atoms with Crippen LogP contribution in [0.4, 0.5) is 0 Å². The number of rotatable bonds is 9. The number of allylic oxidation sites excluding steroid dienone is 1. The molecule has 0 aliphatic rings. The lowest BCUT2D eigenvalue weighted by Gasteiger charge is -2.11. The Bertz CT molecular complexity index is 1280. The molecule has 3 aromatic carbocycles. The molecule has 0 unspecified atom stereocenters. The molecule has 1 aromatic heterocycles. The largest absolute Gasteiger partial charge is 0.493 e. The van der Waals surface area contributed by atoms with Gasteiger partial charge in [0.25, 0.3) is 5.91 Å². The highest BCUT2D eigenvalue weighted by atomic mass is 16.5. The van der Waals surface area contributed by atoms with E-state index in [2.05, 4.69) is 20.7 Å². The van der Waals surface area contributed by atoms with Gasteiger partial charge in [-0.2, -0.15) is 10.2 Å². The fourth-order valence-corrected chi connectivity index (χ4v) is 3.18. The Morgan fingerprint density at radius 2 is 1.76 bits per heavy atom. The number of hydrogen-bond donors (Lipinski definition) is 2. The fraction of sp³-hybridized carbons (Fsp3) is 0.0741. The smallest absolute Gasteiger partial charge is 0.289 e. The number of ether oxygens (including phenoxy) is 2. The highest BCUT2D eigenvalue weighted by Crippen LogP contribution is 2.32. The number of benzene rings is 3. The summed E-state index contributed by atoms with van der Waals surface area (Å²) in [7, 11) is 1.59. The van der Waals surface area contributed by atoms with E-state index in [4.69, 9.17) is 9.47 Å². The van der Waals surface area contributed by atoms with Crippen molar-refractivity contribution in [1.29, 1.82) is 0 Å². The van der Waals surface area contributed by atoms with Crippen LogP contribution < -0.4 is 14.9 Å². The van der Waals surface area contributed by atoms with Crippen LogP contribution in [-0.4, -0.2) is 29.4 Å². The molecule has 170 valence electrons. The minimum Gasteiger partial charge on any atom is -0.493 e. The second-order valence-electron chi connectivity index (χ2n) is 7.30. The number of hydrazone groups is 1. The molecule has 4 aromatic rings. The molecule has 0 fully saturated rings. The van der Waals surface area contributed by atoms with Crippen molar-refractivity contribution in [3.63, 3.8) is 0 Å². The molecule has 1 heterocycles. The predicted octanol–water partition coefficient (Wildman–Crippen LogP) is 5.09. The summed E-state index contributed by atoms with van der Waals surface area (Å²) in [4.78, 5) is 12.4. The number of hydrogen-bond acceptors (Lipinski definition) is 5. The zero-order chi connectivity index (χ0) is 23.6. The molecular weight excluding hydrogens is 428 g/mol. The van der Waals surface area contributed by atoms with Crippen LogP contribution in [0, 0.1) is 0 Å². The van der Waals surface area contributed by atoms with Crippen molar-refractivity contribution in [1.82, 2.24) is 15.6 Å². The molecule has 0 aliphatic carbocycles. The van der Waals surface area contributed by atoms with Crippen molar-refractivity contribution in [2.45, 2.75) is 6.61 Å². The normalized spacial score (nSPS) is 11.1. The molecule has 0 atom stereocenters. The molecule has 0 radical (unpaired) electrons. The molecule has 34 heavy (non-hydrogen) atoms. The van der Waals surface area contributed by atoms with Crippen molar-refractivity contribution < 1.29 is 14.3 Å². The standard InChI is InChI=1S/C27H24N4O3/c1-33-26-17-22(14-15-25(26)34-19-21-11-6-3-7-12-21)23-18-24(30-29-23)27(32)31-28-16-8-13-20-9-4-2-5-10-20/h2-18H,19H2,1H3,(H,29,30)(H,31,32)/b13-8+,28-16-. The third kappa shape index (κ3) is 5.98. The zero-order valence-corrected chi connectivity index (χ0v) is 18.6. The van der Waals surface area contributed by atoms with Gasteiger partial charge >= 0.3 is 0 Å². The Hall–Kier alpha value is -4.65. The van der Waals surface area contributed by atoms with Gasteiger partial charge in [-0.3, -0.25) is 9.89 Å². The summed E-state index contributed by atoms with van der Waals surface area (Å²) in [5, 5.41) is 10.9. The third-order valence-corrected chi connectivity index (χ3v) is 4.93. The van der Waals surface area contributed by atoms with Gasteiger partial charge < -0.3 is 9.47 Å². The minimum absolute atomic E-state index is 0.294. The van der Waals surface area contributed by atoms with Crippen LogP contribution in [0.1, 0.15) is 21.6 Å². The van der Waals surface area contributed by atoms with Crippen LogP contribution in [0.2, 0.25) is 0 Å². The zero-order valence-electron chi connectivity index (χ0n) is 18.6. The molecular formula is C27H24N4O3. The first kappa shape index (κ1) is 22.5. The topological polar surface area (TPSA) is 88.6 Å². The molecule has 0 saturated heterocycles. The van der Waals surface area contributed by atoms with E-state index in [1.54, 1.807) is 19.3 Å². The summed E-state index contributed by atoms with van der Waals surface area (Å²) >= 11 is 0. The summed E-state index contributed by atoms with van der Waals surface area (Å²) < 4.78 is 11.4. The second-order valence-corrected chi connectivity index (χ2v) is 7.30. The van der Waals surface area contributed by atoms with Crippen LogP contribution in [-0.2, 0) is 6.61 Å². The van der Waals surface area contributed by atoms with Gasteiger partial charge in [0.15, 0.2) is 11.5 Å². The van der Waals surface area contributed by atoms with Crippen LogP contribution in [0.15, 0.2) is 96.1 Å². The average molecular weight is 453 g/mol. The van der Waals surface area contributed by atoms with Gasteiger partial charge in [0.2, 0.25) is 0 Å². The lowest BCUT2D eigenvalue weighted by molar-refractivity contribution is 0.0950. The molecule has 7 nitrogen and oxygen atoms in total. The van der Waals surface area contributed by atoms with E-state index in [0.717, 1.165) is 16.7 Å². The van der Waals surface area contributed by atoms with E-state index in [9.17, 15) is 4.79 Å². The number of aromatic amines is 1. The van der Waals surface area contributed by atoms with E-state index in [1.165, 1.54) is 6.21 Å². The number of amides is 1. The molecule has 1 amide bonds. The molecule has 0 saturated carbocycles. The molecule has 2 N–H and O–H groups in total. The number of aromatic nitrogens is 2. The molecule has 0 aliphatic heterocycles. The summed E-state index contributed by atoms with van der Waals surface area (Å²) in [6.07, 6.45) is 5.16. The molecule has 4 rings (SSSR count). The van der Waals surface area contributed by atoms with E-state index >= 15 is 0 Å². The van der Waals surface area contributed by atoms with Crippen LogP contribution in [0.3, 0.4) is 0 Å². The van der Waals surface area contributed by atoms with Crippen molar-refractivity contribution in [2.75, 3.05) is 7.11 Å². The van der Waals surface area contributed by atoms with Crippen LogP contribution in [0.25, 0.3) is 17.3 Å². The molecule has 0 bridgehead atoms. The number of methoxy groups -OCH3 is 1.